The van der Waals surface area contributed by atoms with E-state index in [2.05, 4.69) is 11.1 Å². The first kappa shape index (κ1) is 16.3. The van der Waals surface area contributed by atoms with E-state index < -0.39 is 0 Å². The van der Waals surface area contributed by atoms with Crippen molar-refractivity contribution in [2.45, 2.75) is 0 Å². The van der Waals surface area contributed by atoms with Crippen LogP contribution in [0.1, 0.15) is 0 Å². The van der Waals surface area contributed by atoms with Gasteiger partial charge >= 0.3 is 0 Å². The molecule has 5 heteroatoms. The van der Waals surface area contributed by atoms with E-state index in [0.29, 0.717) is 15.9 Å². The molecule has 0 atom stereocenters. The van der Waals surface area contributed by atoms with Crippen LogP contribution >= 0.6 is 23.2 Å². The lowest BCUT2D eigenvalue weighted by Crippen LogP contribution is -1.94. The number of aromatic amines is 1. The fourth-order valence-corrected chi connectivity index (χ4v) is 3.73. The Kier molecular flexibility index (Phi) is 3.85. The van der Waals surface area contributed by atoms with Gasteiger partial charge in [0.2, 0.25) is 0 Å². The van der Waals surface area contributed by atoms with E-state index in [4.69, 9.17) is 33.2 Å². The molecule has 0 aliphatic rings. The SMILES string of the molecule is Clc1cccc(-c2nc(-c3cccc(Cl)c3)c3c(n2)[nH]c2ccccc23)c1. The van der Waals surface area contributed by atoms with Crippen molar-refractivity contribution in [3.05, 3.63) is 82.8 Å². The van der Waals surface area contributed by atoms with Crippen molar-refractivity contribution in [1.29, 1.82) is 0 Å². The van der Waals surface area contributed by atoms with E-state index in [9.17, 15) is 0 Å². The van der Waals surface area contributed by atoms with Gasteiger partial charge in [-0.1, -0.05) is 65.7 Å². The highest BCUT2D eigenvalue weighted by Gasteiger charge is 2.16. The third kappa shape index (κ3) is 2.85. The lowest BCUT2D eigenvalue weighted by Gasteiger charge is -2.08. The summed E-state index contributed by atoms with van der Waals surface area (Å²) in [7, 11) is 0. The number of hydrogen-bond acceptors (Lipinski definition) is 2. The highest BCUT2D eigenvalue weighted by Crippen LogP contribution is 2.35. The molecule has 27 heavy (non-hydrogen) atoms. The zero-order chi connectivity index (χ0) is 18.4. The summed E-state index contributed by atoms with van der Waals surface area (Å²) in [6.07, 6.45) is 0. The second-order valence-electron chi connectivity index (χ2n) is 6.31. The summed E-state index contributed by atoms with van der Waals surface area (Å²) < 4.78 is 0. The predicted molar refractivity (Wildman–Crippen MR) is 112 cm³/mol. The lowest BCUT2D eigenvalue weighted by atomic mass is 10.1. The Balaban J connectivity index is 1.89. The molecule has 5 rings (SSSR count). The van der Waals surface area contributed by atoms with Gasteiger partial charge in [-0.05, 0) is 30.3 Å². The maximum atomic E-state index is 6.25. The number of hydrogen-bond donors (Lipinski definition) is 1. The van der Waals surface area contributed by atoms with E-state index in [1.807, 2.05) is 66.7 Å². The Bertz CT molecular complexity index is 1310. The zero-order valence-corrected chi connectivity index (χ0v) is 15.6. The normalized spacial score (nSPS) is 11.3. The van der Waals surface area contributed by atoms with Crippen LogP contribution in [0.3, 0.4) is 0 Å². The number of benzene rings is 3. The molecule has 3 aromatic carbocycles. The average molecular weight is 390 g/mol. The summed E-state index contributed by atoms with van der Waals surface area (Å²) in [5.41, 5.74) is 4.47. The molecular weight excluding hydrogens is 377 g/mol. The molecule has 0 aliphatic carbocycles. The molecule has 130 valence electrons. The summed E-state index contributed by atoms with van der Waals surface area (Å²) >= 11 is 12.4. The summed E-state index contributed by atoms with van der Waals surface area (Å²) in [6.45, 7) is 0. The Hall–Kier alpha value is -2.88. The zero-order valence-electron chi connectivity index (χ0n) is 14.1. The molecular formula is C22H13Cl2N3. The van der Waals surface area contributed by atoms with Gasteiger partial charge in [0.1, 0.15) is 5.65 Å². The minimum Gasteiger partial charge on any atom is -0.339 e. The average Bonchev–Trinajstić information content (AvgIpc) is 3.06. The van der Waals surface area contributed by atoms with Crippen molar-refractivity contribution < 1.29 is 0 Å². The van der Waals surface area contributed by atoms with Crippen LogP contribution in [0.25, 0.3) is 44.6 Å². The molecule has 2 aromatic heterocycles. The minimum atomic E-state index is 0.617. The topological polar surface area (TPSA) is 41.6 Å². The largest absolute Gasteiger partial charge is 0.339 e. The molecule has 0 saturated heterocycles. The molecule has 0 bridgehead atoms. The van der Waals surface area contributed by atoms with Crippen molar-refractivity contribution in [2.24, 2.45) is 0 Å². The molecule has 0 radical (unpaired) electrons. The Morgan fingerprint density at radius 3 is 2.19 bits per heavy atom. The summed E-state index contributed by atoms with van der Waals surface area (Å²) in [4.78, 5) is 13.1. The van der Waals surface area contributed by atoms with Gasteiger partial charge in [-0.2, -0.15) is 0 Å². The number of H-pyrrole nitrogens is 1. The monoisotopic (exact) mass is 389 g/mol. The van der Waals surface area contributed by atoms with E-state index in [0.717, 1.165) is 38.8 Å². The molecule has 0 amide bonds. The maximum Gasteiger partial charge on any atom is 0.162 e. The van der Waals surface area contributed by atoms with Gasteiger partial charge in [0.25, 0.3) is 0 Å². The second-order valence-corrected chi connectivity index (χ2v) is 7.18. The van der Waals surface area contributed by atoms with Gasteiger partial charge in [-0.3, -0.25) is 0 Å². The Labute approximate surface area is 165 Å². The van der Waals surface area contributed by atoms with Crippen LogP contribution in [-0.4, -0.2) is 15.0 Å². The van der Waals surface area contributed by atoms with Crippen LogP contribution in [0.5, 0.6) is 0 Å². The van der Waals surface area contributed by atoms with Gasteiger partial charge in [-0.15, -0.1) is 0 Å². The molecule has 0 spiro atoms. The number of nitrogens with one attached hydrogen (secondary N) is 1. The number of rotatable bonds is 2. The van der Waals surface area contributed by atoms with Gasteiger partial charge in [0, 0.05) is 32.1 Å². The lowest BCUT2D eigenvalue weighted by molar-refractivity contribution is 1.21. The van der Waals surface area contributed by atoms with Crippen molar-refractivity contribution >= 4 is 45.1 Å². The first-order chi connectivity index (χ1) is 13.2. The van der Waals surface area contributed by atoms with Crippen molar-refractivity contribution in [1.82, 2.24) is 15.0 Å². The molecule has 2 heterocycles. The molecule has 0 aliphatic heterocycles. The van der Waals surface area contributed by atoms with Gasteiger partial charge in [-0.25, -0.2) is 9.97 Å². The first-order valence-corrected chi connectivity index (χ1v) is 9.25. The minimum absolute atomic E-state index is 0.617. The number of fused-ring (bicyclic) bond motifs is 3. The highest BCUT2D eigenvalue weighted by atomic mass is 35.5. The van der Waals surface area contributed by atoms with Gasteiger partial charge < -0.3 is 4.98 Å². The molecule has 3 nitrogen and oxygen atoms in total. The molecule has 0 saturated carbocycles. The van der Waals surface area contributed by atoms with Gasteiger partial charge in [0.15, 0.2) is 5.82 Å². The third-order valence-electron chi connectivity index (χ3n) is 4.54. The van der Waals surface area contributed by atoms with Crippen LogP contribution < -0.4 is 0 Å². The van der Waals surface area contributed by atoms with Crippen molar-refractivity contribution in [3.8, 4) is 22.6 Å². The van der Waals surface area contributed by atoms with Crippen LogP contribution in [0, 0.1) is 0 Å². The highest BCUT2D eigenvalue weighted by molar-refractivity contribution is 6.31. The van der Waals surface area contributed by atoms with Crippen LogP contribution in [0.2, 0.25) is 10.0 Å². The molecule has 5 aromatic rings. The number of aromatic nitrogens is 3. The number of halogens is 2. The van der Waals surface area contributed by atoms with Crippen LogP contribution in [0.15, 0.2) is 72.8 Å². The Morgan fingerprint density at radius 2 is 1.41 bits per heavy atom. The smallest absolute Gasteiger partial charge is 0.162 e. The van der Waals surface area contributed by atoms with Crippen molar-refractivity contribution in [3.63, 3.8) is 0 Å². The van der Waals surface area contributed by atoms with Crippen LogP contribution in [0.4, 0.5) is 0 Å². The fraction of sp³-hybridized carbons (Fsp3) is 0. The van der Waals surface area contributed by atoms with Crippen molar-refractivity contribution in [2.75, 3.05) is 0 Å². The molecule has 0 fully saturated rings. The number of para-hydroxylation sites is 1. The molecule has 1 N–H and O–H groups in total. The standard InChI is InChI=1S/C22H13Cl2N3/c23-15-7-3-5-13(11-15)20-19-17-9-1-2-10-18(17)25-22(19)27-21(26-20)14-6-4-8-16(24)12-14/h1-12H,(H,25,26,27). The fourth-order valence-electron chi connectivity index (χ4n) is 3.35. The van der Waals surface area contributed by atoms with Gasteiger partial charge in [0.05, 0.1) is 11.1 Å². The third-order valence-corrected chi connectivity index (χ3v) is 5.01. The van der Waals surface area contributed by atoms with E-state index in [1.54, 1.807) is 0 Å². The van der Waals surface area contributed by atoms with E-state index in [-0.39, 0.29) is 0 Å². The predicted octanol–water partition coefficient (Wildman–Crippen LogP) is 6.75. The maximum absolute atomic E-state index is 6.25. The number of nitrogens with zero attached hydrogens (tertiary/aromatic N) is 2. The second kappa shape index (κ2) is 6.38. The molecule has 0 unspecified atom stereocenters. The summed E-state index contributed by atoms with van der Waals surface area (Å²) in [5, 5.41) is 3.39. The van der Waals surface area contributed by atoms with Crippen LogP contribution in [-0.2, 0) is 0 Å². The Morgan fingerprint density at radius 1 is 0.704 bits per heavy atom. The van der Waals surface area contributed by atoms with E-state index >= 15 is 0 Å². The summed E-state index contributed by atoms with van der Waals surface area (Å²) in [6, 6.07) is 23.4. The van der Waals surface area contributed by atoms with E-state index in [1.165, 1.54) is 0 Å². The first-order valence-electron chi connectivity index (χ1n) is 8.49. The summed E-state index contributed by atoms with van der Waals surface area (Å²) in [5.74, 6) is 0.617. The quantitative estimate of drug-likeness (QED) is 0.362.